The molecule has 0 aromatic rings. The first kappa shape index (κ1) is 9.71. The molecule has 14 heavy (non-hydrogen) atoms. The fourth-order valence-corrected chi connectivity index (χ4v) is 2.60. The van der Waals surface area contributed by atoms with E-state index in [0.29, 0.717) is 18.4 Å². The zero-order chi connectivity index (χ0) is 10.1. The van der Waals surface area contributed by atoms with E-state index in [2.05, 4.69) is 12.2 Å². The second-order valence-corrected chi connectivity index (χ2v) is 4.15. The molecule has 3 rings (SSSR count). The van der Waals surface area contributed by atoms with Crippen LogP contribution in [0.25, 0.3) is 0 Å². The summed E-state index contributed by atoms with van der Waals surface area (Å²) in [5, 5.41) is 0. The molecule has 1 fully saturated rings. The molecule has 3 aliphatic rings. The van der Waals surface area contributed by atoms with Gasteiger partial charge in [0.1, 0.15) is 0 Å². The van der Waals surface area contributed by atoms with Crippen molar-refractivity contribution in [1.82, 2.24) is 0 Å². The summed E-state index contributed by atoms with van der Waals surface area (Å²) >= 11 is 0. The average Bonchev–Trinajstić information content (AvgIpc) is 2.19. The topological polar surface area (TPSA) is 52.3 Å². The van der Waals surface area contributed by atoms with E-state index in [9.17, 15) is 4.79 Å². The van der Waals surface area contributed by atoms with Crippen molar-refractivity contribution in [1.29, 1.82) is 0 Å². The minimum Gasteiger partial charge on any atom is -0.466 e. The molecule has 0 unspecified atom stereocenters. The minimum atomic E-state index is -0.112. The van der Waals surface area contributed by atoms with Gasteiger partial charge in [0.05, 0.1) is 12.5 Å². The highest BCUT2D eigenvalue weighted by atomic mass is 16.5. The molecule has 3 heteroatoms. The van der Waals surface area contributed by atoms with Gasteiger partial charge in [-0.3, -0.25) is 4.79 Å². The van der Waals surface area contributed by atoms with Gasteiger partial charge in [-0.25, -0.2) is 0 Å². The summed E-state index contributed by atoms with van der Waals surface area (Å²) in [5.41, 5.74) is 6.04. The van der Waals surface area contributed by atoms with Crippen LogP contribution in [0.15, 0.2) is 12.2 Å². The van der Waals surface area contributed by atoms with E-state index in [1.165, 1.54) is 0 Å². The van der Waals surface area contributed by atoms with E-state index in [0.717, 1.165) is 12.8 Å². The van der Waals surface area contributed by atoms with Crippen molar-refractivity contribution >= 4 is 5.97 Å². The quantitative estimate of drug-likeness (QED) is 0.530. The zero-order valence-corrected chi connectivity index (χ0v) is 8.48. The van der Waals surface area contributed by atoms with Crippen molar-refractivity contribution in [3.63, 3.8) is 0 Å². The molecule has 0 aromatic carbocycles. The number of hydrogen-bond donors (Lipinski definition) is 1. The fraction of sp³-hybridized carbons (Fsp3) is 0.727. The van der Waals surface area contributed by atoms with Crippen LogP contribution < -0.4 is 5.73 Å². The second-order valence-electron chi connectivity index (χ2n) is 4.15. The molecule has 4 atom stereocenters. The number of esters is 1. The van der Waals surface area contributed by atoms with Gasteiger partial charge in [-0.05, 0) is 31.6 Å². The lowest BCUT2D eigenvalue weighted by Crippen LogP contribution is -2.50. The molecule has 0 amide bonds. The maximum Gasteiger partial charge on any atom is 0.311 e. The molecule has 78 valence electrons. The van der Waals surface area contributed by atoms with Gasteiger partial charge in [0.25, 0.3) is 0 Å². The van der Waals surface area contributed by atoms with Crippen LogP contribution in [0, 0.1) is 17.8 Å². The van der Waals surface area contributed by atoms with E-state index in [1.807, 2.05) is 6.92 Å². The number of carbonyl (C=O) groups is 1. The van der Waals surface area contributed by atoms with Gasteiger partial charge >= 0.3 is 5.97 Å². The molecule has 3 aliphatic carbocycles. The van der Waals surface area contributed by atoms with E-state index >= 15 is 0 Å². The normalized spacial score (nSPS) is 39.9. The standard InChI is InChI=1S/C11H17NO2/c1-2-14-11(13)9-7-3-5-8(6-4-7)10(9)12/h3,5,7-10H,2,4,6,12H2,1H3/t7-,8+,9-,10-/m1/s1. The summed E-state index contributed by atoms with van der Waals surface area (Å²) < 4.78 is 5.05. The Morgan fingerprint density at radius 2 is 2.07 bits per heavy atom. The lowest BCUT2D eigenvalue weighted by atomic mass is 9.66. The fourth-order valence-electron chi connectivity index (χ4n) is 2.60. The minimum absolute atomic E-state index is 0.0298. The van der Waals surface area contributed by atoms with Crippen LogP contribution in [-0.2, 0) is 9.53 Å². The largest absolute Gasteiger partial charge is 0.466 e. The van der Waals surface area contributed by atoms with Crippen molar-refractivity contribution in [2.75, 3.05) is 6.61 Å². The Kier molecular flexibility index (Phi) is 2.59. The van der Waals surface area contributed by atoms with Crippen LogP contribution in [-0.4, -0.2) is 18.6 Å². The molecule has 1 saturated carbocycles. The third-order valence-corrected chi connectivity index (χ3v) is 3.37. The zero-order valence-electron chi connectivity index (χ0n) is 8.48. The lowest BCUT2D eigenvalue weighted by molar-refractivity contribution is -0.152. The SMILES string of the molecule is CCOC(=O)[C@H]1[C@H](N)[C@H]2C=C[C@@H]1CC2. The van der Waals surface area contributed by atoms with Gasteiger partial charge in [0.2, 0.25) is 0 Å². The Hall–Kier alpha value is -0.830. The van der Waals surface area contributed by atoms with E-state index in [4.69, 9.17) is 10.5 Å². The average molecular weight is 195 g/mol. The monoisotopic (exact) mass is 195 g/mol. The highest BCUT2D eigenvalue weighted by molar-refractivity contribution is 5.74. The number of rotatable bonds is 2. The predicted octanol–water partition coefficient (Wildman–Crippen LogP) is 1.09. The molecule has 0 heterocycles. The molecule has 0 aliphatic heterocycles. The highest BCUT2D eigenvalue weighted by Crippen LogP contribution is 2.40. The predicted molar refractivity (Wildman–Crippen MR) is 53.5 cm³/mol. The summed E-state index contributed by atoms with van der Waals surface area (Å²) in [5.74, 6) is 0.487. The number of nitrogens with two attached hydrogens (primary N) is 1. The molecule has 0 saturated heterocycles. The van der Waals surface area contributed by atoms with Gasteiger partial charge in [-0.1, -0.05) is 12.2 Å². The third-order valence-electron chi connectivity index (χ3n) is 3.37. The lowest BCUT2D eigenvalue weighted by Gasteiger charge is -2.41. The number of allylic oxidation sites excluding steroid dienone is 1. The molecular formula is C11H17NO2. The second kappa shape index (κ2) is 3.73. The first-order chi connectivity index (χ1) is 6.74. The maximum atomic E-state index is 11.7. The molecule has 0 radical (unpaired) electrons. The van der Waals surface area contributed by atoms with Gasteiger partial charge < -0.3 is 10.5 Å². The van der Waals surface area contributed by atoms with Crippen molar-refractivity contribution in [3.8, 4) is 0 Å². The van der Waals surface area contributed by atoms with Crippen LogP contribution in [0.1, 0.15) is 19.8 Å². The van der Waals surface area contributed by atoms with Crippen LogP contribution in [0.3, 0.4) is 0 Å². The Labute approximate surface area is 84.3 Å². The van der Waals surface area contributed by atoms with Crippen molar-refractivity contribution in [3.05, 3.63) is 12.2 Å². The van der Waals surface area contributed by atoms with Crippen molar-refractivity contribution in [2.24, 2.45) is 23.5 Å². The molecule has 0 aromatic heterocycles. The number of fused-ring (bicyclic) bond motifs is 2. The molecule has 2 bridgehead atoms. The van der Waals surface area contributed by atoms with Gasteiger partial charge in [-0.15, -0.1) is 0 Å². The van der Waals surface area contributed by atoms with Crippen LogP contribution in [0.4, 0.5) is 0 Å². The number of ether oxygens (including phenoxy) is 1. The smallest absolute Gasteiger partial charge is 0.311 e. The summed E-state index contributed by atoms with van der Waals surface area (Å²) in [4.78, 5) is 11.7. The van der Waals surface area contributed by atoms with Crippen molar-refractivity contribution in [2.45, 2.75) is 25.8 Å². The number of hydrogen-bond acceptors (Lipinski definition) is 3. The first-order valence-corrected chi connectivity index (χ1v) is 5.34. The van der Waals surface area contributed by atoms with Crippen molar-refractivity contribution < 1.29 is 9.53 Å². The van der Waals surface area contributed by atoms with Gasteiger partial charge in [0, 0.05) is 6.04 Å². The van der Waals surface area contributed by atoms with E-state index < -0.39 is 0 Å². The maximum absolute atomic E-state index is 11.7. The Morgan fingerprint density at radius 1 is 1.43 bits per heavy atom. The summed E-state index contributed by atoms with van der Waals surface area (Å²) in [6.45, 7) is 2.28. The van der Waals surface area contributed by atoms with E-state index in [-0.39, 0.29) is 17.9 Å². The molecule has 2 N–H and O–H groups in total. The Morgan fingerprint density at radius 3 is 2.57 bits per heavy atom. The molecule has 0 spiro atoms. The number of carbonyl (C=O) groups excluding carboxylic acids is 1. The molecular weight excluding hydrogens is 178 g/mol. The van der Waals surface area contributed by atoms with Gasteiger partial charge in [0.15, 0.2) is 0 Å². The van der Waals surface area contributed by atoms with Crippen LogP contribution in [0.5, 0.6) is 0 Å². The summed E-state index contributed by atoms with van der Waals surface area (Å²) in [6, 6.07) is -0.0298. The Bertz CT molecular complexity index is 262. The van der Waals surface area contributed by atoms with Crippen LogP contribution >= 0.6 is 0 Å². The van der Waals surface area contributed by atoms with E-state index in [1.54, 1.807) is 0 Å². The summed E-state index contributed by atoms with van der Waals surface area (Å²) in [6.07, 6.45) is 6.50. The first-order valence-electron chi connectivity index (χ1n) is 5.34. The summed E-state index contributed by atoms with van der Waals surface area (Å²) in [7, 11) is 0. The highest BCUT2D eigenvalue weighted by Gasteiger charge is 2.43. The molecule has 3 nitrogen and oxygen atoms in total. The third kappa shape index (κ3) is 1.46. The Balaban J connectivity index is 2.12. The van der Waals surface area contributed by atoms with Crippen LogP contribution in [0.2, 0.25) is 0 Å². The van der Waals surface area contributed by atoms with Gasteiger partial charge in [-0.2, -0.15) is 0 Å².